The van der Waals surface area contributed by atoms with Crippen LogP contribution in [-0.2, 0) is 6.54 Å². The zero-order valence-electron chi connectivity index (χ0n) is 12.3. The quantitative estimate of drug-likeness (QED) is 0.655. The second-order valence-corrected chi connectivity index (χ2v) is 6.20. The summed E-state index contributed by atoms with van der Waals surface area (Å²) >= 11 is 7.57. The van der Waals surface area contributed by atoms with Gasteiger partial charge in [0.15, 0.2) is 0 Å². The molecule has 3 nitrogen and oxygen atoms in total. The molecule has 1 aromatic heterocycles. The van der Waals surface area contributed by atoms with Crippen LogP contribution < -0.4 is 10.6 Å². The van der Waals surface area contributed by atoms with Crippen molar-refractivity contribution < 1.29 is 4.79 Å². The van der Waals surface area contributed by atoms with Crippen LogP contribution in [0.1, 0.15) is 5.56 Å². The minimum Gasteiger partial charge on any atom is -0.334 e. The SMILES string of the molecule is O=C(NCc1ccccc1-c1ccsc1)Nc1cccc(Cl)c1. The van der Waals surface area contributed by atoms with Crippen LogP contribution >= 0.6 is 22.9 Å². The zero-order chi connectivity index (χ0) is 16.1. The van der Waals surface area contributed by atoms with Gasteiger partial charge in [-0.3, -0.25) is 0 Å². The van der Waals surface area contributed by atoms with Gasteiger partial charge < -0.3 is 10.6 Å². The van der Waals surface area contributed by atoms with Crippen molar-refractivity contribution in [2.45, 2.75) is 6.54 Å². The third-order valence-corrected chi connectivity index (χ3v) is 4.29. The van der Waals surface area contributed by atoms with E-state index in [0.717, 1.165) is 11.1 Å². The summed E-state index contributed by atoms with van der Waals surface area (Å²) in [6.07, 6.45) is 0. The molecule has 0 spiro atoms. The monoisotopic (exact) mass is 342 g/mol. The Balaban J connectivity index is 1.66. The molecule has 0 aliphatic carbocycles. The van der Waals surface area contributed by atoms with Crippen LogP contribution in [0.3, 0.4) is 0 Å². The van der Waals surface area contributed by atoms with E-state index in [4.69, 9.17) is 11.6 Å². The van der Waals surface area contributed by atoms with Crippen LogP contribution in [0.4, 0.5) is 10.5 Å². The van der Waals surface area contributed by atoms with Gasteiger partial charge >= 0.3 is 6.03 Å². The van der Waals surface area contributed by atoms with E-state index in [9.17, 15) is 4.79 Å². The molecule has 3 rings (SSSR count). The number of benzene rings is 2. The second kappa shape index (κ2) is 7.31. The molecule has 0 aliphatic heterocycles. The summed E-state index contributed by atoms with van der Waals surface area (Å²) in [4.78, 5) is 12.0. The average Bonchev–Trinajstić information content (AvgIpc) is 3.07. The van der Waals surface area contributed by atoms with Gasteiger partial charge in [0.25, 0.3) is 0 Å². The van der Waals surface area contributed by atoms with Gasteiger partial charge in [-0.05, 0) is 51.7 Å². The van der Waals surface area contributed by atoms with E-state index in [-0.39, 0.29) is 6.03 Å². The van der Waals surface area contributed by atoms with Crippen LogP contribution in [0.15, 0.2) is 65.4 Å². The molecular weight excluding hydrogens is 328 g/mol. The summed E-state index contributed by atoms with van der Waals surface area (Å²) in [6.45, 7) is 0.457. The first kappa shape index (κ1) is 15.6. The van der Waals surface area contributed by atoms with Gasteiger partial charge in [0.1, 0.15) is 0 Å². The summed E-state index contributed by atoms with van der Waals surface area (Å²) in [5.74, 6) is 0. The van der Waals surface area contributed by atoms with Crippen molar-refractivity contribution in [3.8, 4) is 11.1 Å². The van der Waals surface area contributed by atoms with E-state index in [1.54, 1.807) is 35.6 Å². The number of thiophene rings is 1. The molecule has 23 heavy (non-hydrogen) atoms. The molecule has 0 bridgehead atoms. The Bertz CT molecular complexity index is 802. The molecule has 116 valence electrons. The van der Waals surface area contributed by atoms with Crippen LogP contribution in [0, 0.1) is 0 Å². The Kier molecular flexibility index (Phi) is 4.95. The number of rotatable bonds is 4. The highest BCUT2D eigenvalue weighted by molar-refractivity contribution is 7.08. The van der Waals surface area contributed by atoms with Gasteiger partial charge in [-0.25, -0.2) is 4.79 Å². The number of amides is 2. The van der Waals surface area contributed by atoms with E-state index >= 15 is 0 Å². The van der Waals surface area contributed by atoms with Gasteiger partial charge in [0.2, 0.25) is 0 Å². The molecule has 2 N–H and O–H groups in total. The lowest BCUT2D eigenvalue weighted by Crippen LogP contribution is -2.28. The fraction of sp³-hybridized carbons (Fsp3) is 0.0556. The Hall–Kier alpha value is -2.30. The molecule has 0 aliphatic rings. The van der Waals surface area contributed by atoms with Crippen molar-refractivity contribution in [3.63, 3.8) is 0 Å². The van der Waals surface area contributed by atoms with E-state index in [1.165, 1.54) is 5.56 Å². The molecule has 0 saturated heterocycles. The van der Waals surface area contributed by atoms with E-state index in [2.05, 4.69) is 28.1 Å². The lowest BCUT2D eigenvalue weighted by Gasteiger charge is -2.11. The predicted molar refractivity (Wildman–Crippen MR) is 97.1 cm³/mol. The van der Waals surface area contributed by atoms with E-state index in [1.807, 2.05) is 23.6 Å². The Morgan fingerprint density at radius 2 is 1.96 bits per heavy atom. The Morgan fingerprint density at radius 3 is 2.74 bits per heavy atom. The third kappa shape index (κ3) is 4.12. The van der Waals surface area contributed by atoms with Crippen molar-refractivity contribution in [1.82, 2.24) is 5.32 Å². The van der Waals surface area contributed by atoms with Gasteiger partial charge in [0, 0.05) is 17.3 Å². The minimum atomic E-state index is -0.257. The highest BCUT2D eigenvalue weighted by Crippen LogP contribution is 2.25. The third-order valence-electron chi connectivity index (χ3n) is 3.37. The Morgan fingerprint density at radius 1 is 1.09 bits per heavy atom. The van der Waals surface area contributed by atoms with Crippen molar-refractivity contribution >= 4 is 34.7 Å². The molecule has 0 unspecified atom stereocenters. The largest absolute Gasteiger partial charge is 0.334 e. The van der Waals surface area contributed by atoms with Gasteiger partial charge in [0.05, 0.1) is 0 Å². The number of carbonyl (C=O) groups excluding carboxylic acids is 1. The summed E-state index contributed by atoms with van der Waals surface area (Å²) in [5, 5.41) is 10.4. The first-order valence-corrected chi connectivity index (χ1v) is 8.45. The number of carbonyl (C=O) groups is 1. The Labute approximate surface area is 143 Å². The summed E-state index contributed by atoms with van der Waals surface area (Å²) < 4.78 is 0. The van der Waals surface area contributed by atoms with Crippen LogP contribution in [-0.4, -0.2) is 6.03 Å². The second-order valence-electron chi connectivity index (χ2n) is 4.99. The molecular formula is C18H15ClN2OS. The maximum atomic E-state index is 12.0. The van der Waals surface area contributed by atoms with E-state index < -0.39 is 0 Å². The molecule has 2 aromatic carbocycles. The number of urea groups is 1. The number of anilines is 1. The number of hydrogen-bond donors (Lipinski definition) is 2. The van der Waals surface area contributed by atoms with E-state index in [0.29, 0.717) is 17.3 Å². The number of nitrogens with one attached hydrogen (secondary N) is 2. The molecule has 0 saturated carbocycles. The van der Waals surface area contributed by atoms with Gasteiger partial charge in [-0.1, -0.05) is 41.9 Å². The lowest BCUT2D eigenvalue weighted by molar-refractivity contribution is 0.252. The predicted octanol–water partition coefficient (Wildman–Crippen LogP) is 5.39. The molecule has 1 heterocycles. The highest BCUT2D eigenvalue weighted by Gasteiger charge is 2.07. The fourth-order valence-corrected chi connectivity index (χ4v) is 3.14. The van der Waals surface area contributed by atoms with Crippen molar-refractivity contribution in [2.75, 3.05) is 5.32 Å². The molecule has 2 amide bonds. The molecule has 3 aromatic rings. The first-order chi connectivity index (χ1) is 11.2. The fourth-order valence-electron chi connectivity index (χ4n) is 2.29. The number of hydrogen-bond acceptors (Lipinski definition) is 2. The standard InChI is InChI=1S/C18H15ClN2OS/c19-15-5-3-6-16(10-15)21-18(22)20-11-13-4-1-2-7-17(13)14-8-9-23-12-14/h1-10,12H,11H2,(H2,20,21,22). The average molecular weight is 343 g/mol. The van der Waals surface area contributed by atoms with Crippen LogP contribution in [0.25, 0.3) is 11.1 Å². The maximum Gasteiger partial charge on any atom is 0.319 e. The lowest BCUT2D eigenvalue weighted by atomic mass is 10.0. The summed E-state index contributed by atoms with van der Waals surface area (Å²) in [7, 11) is 0. The first-order valence-electron chi connectivity index (χ1n) is 7.13. The molecule has 0 fully saturated rings. The zero-order valence-corrected chi connectivity index (χ0v) is 13.8. The maximum absolute atomic E-state index is 12.0. The van der Waals surface area contributed by atoms with Crippen molar-refractivity contribution in [3.05, 3.63) is 75.9 Å². The molecule has 0 atom stereocenters. The van der Waals surface area contributed by atoms with Crippen LogP contribution in [0.2, 0.25) is 5.02 Å². The van der Waals surface area contributed by atoms with Gasteiger partial charge in [-0.15, -0.1) is 0 Å². The molecule has 0 radical (unpaired) electrons. The highest BCUT2D eigenvalue weighted by atomic mass is 35.5. The van der Waals surface area contributed by atoms with Crippen LogP contribution in [0.5, 0.6) is 0 Å². The number of halogens is 1. The normalized spacial score (nSPS) is 10.3. The van der Waals surface area contributed by atoms with Crippen molar-refractivity contribution in [1.29, 1.82) is 0 Å². The summed E-state index contributed by atoms with van der Waals surface area (Å²) in [5.41, 5.74) is 4.05. The van der Waals surface area contributed by atoms with Crippen molar-refractivity contribution in [2.24, 2.45) is 0 Å². The summed E-state index contributed by atoms with van der Waals surface area (Å²) in [6, 6.07) is 16.9. The minimum absolute atomic E-state index is 0.257. The smallest absolute Gasteiger partial charge is 0.319 e. The topological polar surface area (TPSA) is 41.1 Å². The van der Waals surface area contributed by atoms with Gasteiger partial charge in [-0.2, -0.15) is 11.3 Å². The molecule has 5 heteroatoms.